The van der Waals surface area contributed by atoms with Crippen LogP contribution in [0.15, 0.2) is 0 Å². The monoisotopic (exact) mass is 425 g/mol. The number of hydrogen-bond donors (Lipinski definition) is 2. The van der Waals surface area contributed by atoms with Gasteiger partial charge in [0.25, 0.3) is 0 Å². The minimum atomic E-state index is -0.822. The molecule has 0 amide bonds. The maximum Gasteiger partial charge on any atom is 0.129 e. The van der Waals surface area contributed by atoms with Crippen LogP contribution in [-0.4, -0.2) is 90.1 Å². The zero-order valence-electron chi connectivity index (χ0n) is 13.3. The lowest BCUT2D eigenvalue weighted by Crippen LogP contribution is -2.63. The van der Waals surface area contributed by atoms with E-state index < -0.39 is 6.17 Å². The molecule has 0 radical (unpaired) electrons. The summed E-state index contributed by atoms with van der Waals surface area (Å²) in [4.78, 5) is 4.92. The van der Waals surface area contributed by atoms with E-state index in [1.807, 2.05) is 0 Å². The Kier molecular flexibility index (Phi) is 6.31. The molecule has 3 heterocycles. The molecule has 3 rings (SSSR count). The molecule has 3 atom stereocenters. The van der Waals surface area contributed by atoms with Crippen molar-refractivity contribution in [2.75, 3.05) is 58.9 Å². The smallest absolute Gasteiger partial charge is 0.129 e. The van der Waals surface area contributed by atoms with Gasteiger partial charge in [-0.3, -0.25) is 4.90 Å². The van der Waals surface area contributed by atoms with Crippen LogP contribution in [0.5, 0.6) is 0 Å². The number of nitrogens with two attached hydrogens (primary N) is 1. The molecule has 0 spiro atoms. The van der Waals surface area contributed by atoms with Crippen molar-refractivity contribution in [2.24, 2.45) is 11.7 Å². The van der Waals surface area contributed by atoms with E-state index in [0.717, 1.165) is 25.6 Å². The molecule has 128 valence electrons. The number of nitrogens with one attached hydrogen (secondary N) is 1. The standard InChI is InChI=1S/C15H29FIN5/c16-13-9-19-10-14(18)15(13)21-3-1-12(2-4-21)11-20-5-7-22(17)8-6-20/h12-15,19H,1-11,18H2. The average Bonchev–Trinajstić information content (AvgIpc) is 2.51. The second kappa shape index (κ2) is 8.02. The van der Waals surface area contributed by atoms with Gasteiger partial charge in [0.1, 0.15) is 6.17 Å². The van der Waals surface area contributed by atoms with Crippen molar-refractivity contribution in [2.45, 2.75) is 31.1 Å². The zero-order chi connectivity index (χ0) is 15.5. The van der Waals surface area contributed by atoms with Gasteiger partial charge in [-0.15, -0.1) is 0 Å². The molecule has 7 heteroatoms. The number of likely N-dealkylation sites (tertiary alicyclic amines) is 1. The third-order valence-electron chi connectivity index (χ3n) is 5.43. The lowest BCUT2D eigenvalue weighted by atomic mass is 9.91. The number of alkyl halides is 1. The summed E-state index contributed by atoms with van der Waals surface area (Å²) in [5, 5.41) is 3.08. The van der Waals surface area contributed by atoms with E-state index in [4.69, 9.17) is 5.73 Å². The van der Waals surface area contributed by atoms with Gasteiger partial charge in [0, 0.05) is 74.7 Å². The molecule has 3 saturated heterocycles. The Morgan fingerprint density at radius 2 is 1.73 bits per heavy atom. The Hall–Kier alpha value is 0.460. The van der Waals surface area contributed by atoms with Crippen molar-refractivity contribution in [1.29, 1.82) is 0 Å². The number of hydrogen-bond acceptors (Lipinski definition) is 5. The normalized spacial score (nSPS) is 37.5. The summed E-state index contributed by atoms with van der Waals surface area (Å²) in [5.74, 6) is 0.771. The number of halogens is 2. The average molecular weight is 425 g/mol. The minimum Gasteiger partial charge on any atom is -0.325 e. The molecule has 5 nitrogen and oxygen atoms in total. The van der Waals surface area contributed by atoms with Crippen LogP contribution in [0.25, 0.3) is 0 Å². The molecular weight excluding hydrogens is 396 g/mol. The second-order valence-corrected chi connectivity index (χ2v) is 8.38. The molecule has 0 saturated carbocycles. The molecule has 3 N–H and O–H groups in total. The summed E-state index contributed by atoms with van der Waals surface area (Å²) in [6.07, 6.45) is 1.55. The Bertz CT molecular complexity index is 335. The van der Waals surface area contributed by atoms with Crippen molar-refractivity contribution in [1.82, 2.24) is 18.2 Å². The van der Waals surface area contributed by atoms with Gasteiger partial charge in [-0.25, -0.2) is 7.50 Å². The van der Waals surface area contributed by atoms with Crippen LogP contribution < -0.4 is 11.1 Å². The molecule has 0 aromatic rings. The van der Waals surface area contributed by atoms with E-state index >= 15 is 0 Å². The first kappa shape index (κ1) is 17.3. The molecule has 3 aliphatic heterocycles. The maximum atomic E-state index is 14.2. The molecule has 0 aromatic carbocycles. The highest BCUT2D eigenvalue weighted by atomic mass is 127. The molecule has 0 bridgehead atoms. The van der Waals surface area contributed by atoms with Gasteiger partial charge in [0.2, 0.25) is 0 Å². The Balaban J connectivity index is 1.44. The van der Waals surface area contributed by atoms with Crippen LogP contribution >= 0.6 is 22.9 Å². The highest BCUT2D eigenvalue weighted by molar-refractivity contribution is 14.1. The lowest BCUT2D eigenvalue weighted by Gasteiger charge is -2.44. The highest BCUT2D eigenvalue weighted by Crippen LogP contribution is 2.24. The predicted octanol–water partition coefficient (Wildman–Crippen LogP) is 0.303. The van der Waals surface area contributed by atoms with Crippen molar-refractivity contribution in [3.63, 3.8) is 0 Å². The van der Waals surface area contributed by atoms with Crippen LogP contribution in [0.3, 0.4) is 0 Å². The van der Waals surface area contributed by atoms with E-state index in [1.165, 1.54) is 45.6 Å². The van der Waals surface area contributed by atoms with E-state index in [2.05, 4.69) is 41.1 Å². The van der Waals surface area contributed by atoms with Gasteiger partial charge in [-0.05, 0) is 31.8 Å². The van der Waals surface area contributed by atoms with Gasteiger partial charge < -0.3 is 16.0 Å². The van der Waals surface area contributed by atoms with Crippen molar-refractivity contribution >= 4 is 22.9 Å². The quantitative estimate of drug-likeness (QED) is 0.504. The molecular formula is C15H29FIN5. The maximum absolute atomic E-state index is 14.2. The summed E-state index contributed by atoms with van der Waals surface area (Å²) in [6.45, 7) is 9.16. The largest absolute Gasteiger partial charge is 0.325 e. The van der Waals surface area contributed by atoms with Crippen molar-refractivity contribution in [3.8, 4) is 0 Å². The van der Waals surface area contributed by atoms with Crippen molar-refractivity contribution < 1.29 is 4.39 Å². The zero-order valence-corrected chi connectivity index (χ0v) is 15.4. The summed E-state index contributed by atoms with van der Waals surface area (Å²) >= 11 is 2.42. The number of nitrogens with zero attached hydrogens (tertiary/aromatic N) is 3. The third-order valence-corrected chi connectivity index (χ3v) is 6.40. The van der Waals surface area contributed by atoms with Crippen molar-refractivity contribution in [3.05, 3.63) is 0 Å². The second-order valence-electron chi connectivity index (χ2n) is 7.02. The number of piperidine rings is 2. The topological polar surface area (TPSA) is 47.8 Å². The fourth-order valence-electron chi connectivity index (χ4n) is 4.10. The summed E-state index contributed by atoms with van der Waals surface area (Å²) < 4.78 is 16.6. The van der Waals surface area contributed by atoms with E-state index in [1.54, 1.807) is 0 Å². The lowest BCUT2D eigenvalue weighted by molar-refractivity contribution is 0.0365. The van der Waals surface area contributed by atoms with Gasteiger partial charge >= 0.3 is 0 Å². The van der Waals surface area contributed by atoms with Crippen LogP contribution in [0.1, 0.15) is 12.8 Å². The molecule has 22 heavy (non-hydrogen) atoms. The Labute approximate surface area is 147 Å². The first-order chi connectivity index (χ1) is 10.6. The van der Waals surface area contributed by atoms with E-state index in [0.29, 0.717) is 6.54 Å². The first-order valence-electron chi connectivity index (χ1n) is 8.61. The SMILES string of the molecule is NC1CNCC(F)C1N1CCC(CN2CCN(I)CC2)CC1. The van der Waals surface area contributed by atoms with Crippen LogP contribution in [0, 0.1) is 5.92 Å². The van der Waals surface area contributed by atoms with E-state index in [-0.39, 0.29) is 12.1 Å². The summed E-state index contributed by atoms with van der Waals surface area (Å²) in [6, 6.07) is -0.151. The number of rotatable bonds is 3. The summed E-state index contributed by atoms with van der Waals surface area (Å²) in [7, 11) is 0. The first-order valence-corrected chi connectivity index (χ1v) is 9.57. The molecule has 0 aromatic heterocycles. The van der Waals surface area contributed by atoms with Gasteiger partial charge in [-0.1, -0.05) is 0 Å². The summed E-state index contributed by atoms with van der Waals surface area (Å²) in [5.41, 5.74) is 6.14. The fraction of sp³-hybridized carbons (Fsp3) is 1.00. The van der Waals surface area contributed by atoms with Gasteiger partial charge in [0.15, 0.2) is 0 Å². The molecule has 3 fully saturated rings. The third kappa shape index (κ3) is 4.30. The Morgan fingerprint density at radius 1 is 1.05 bits per heavy atom. The predicted molar refractivity (Wildman–Crippen MR) is 95.9 cm³/mol. The molecule has 3 unspecified atom stereocenters. The van der Waals surface area contributed by atoms with Crippen LogP contribution in [0.2, 0.25) is 0 Å². The Morgan fingerprint density at radius 3 is 2.36 bits per heavy atom. The van der Waals surface area contributed by atoms with Gasteiger partial charge in [-0.2, -0.15) is 0 Å². The van der Waals surface area contributed by atoms with E-state index in [9.17, 15) is 4.39 Å². The van der Waals surface area contributed by atoms with Crippen LogP contribution in [0.4, 0.5) is 4.39 Å². The minimum absolute atomic E-state index is 0.0722. The van der Waals surface area contributed by atoms with Crippen LogP contribution in [-0.2, 0) is 0 Å². The molecule has 0 aliphatic carbocycles. The van der Waals surface area contributed by atoms with Gasteiger partial charge in [0.05, 0.1) is 6.04 Å². The number of piperazine rings is 1. The highest BCUT2D eigenvalue weighted by Gasteiger charge is 2.37. The molecule has 3 aliphatic rings. The fourth-order valence-corrected chi connectivity index (χ4v) is 4.53.